The number of benzene rings is 1. The summed E-state index contributed by atoms with van der Waals surface area (Å²) in [6, 6.07) is 9.79. The molecule has 110 valence electrons. The van der Waals surface area contributed by atoms with Gasteiger partial charge in [-0.25, -0.2) is 9.97 Å². The fraction of sp³-hybridized carbons (Fsp3) is 0.375. The number of aromatic nitrogens is 2. The first-order valence-corrected chi connectivity index (χ1v) is 7.02. The van der Waals surface area contributed by atoms with Crippen LogP contribution in [0.5, 0.6) is 5.88 Å². The molecular weight excluding hydrogens is 266 g/mol. The van der Waals surface area contributed by atoms with E-state index >= 15 is 0 Å². The third-order valence-electron chi connectivity index (χ3n) is 4.05. The number of ether oxygens (including phenoxy) is 1. The average Bonchev–Trinajstić information content (AvgIpc) is 2.91. The zero-order chi connectivity index (χ0) is 14.9. The van der Waals surface area contributed by atoms with Crippen molar-refractivity contribution in [1.82, 2.24) is 9.97 Å². The van der Waals surface area contributed by atoms with Gasteiger partial charge in [0.1, 0.15) is 17.7 Å². The summed E-state index contributed by atoms with van der Waals surface area (Å²) in [7, 11) is 1.58. The lowest BCUT2D eigenvalue weighted by Crippen LogP contribution is -2.31. The van der Waals surface area contributed by atoms with Gasteiger partial charge >= 0.3 is 0 Å². The Bertz CT molecular complexity index is 647. The molecule has 0 radical (unpaired) electrons. The highest BCUT2D eigenvalue weighted by Crippen LogP contribution is 2.35. The molecule has 1 saturated heterocycles. The van der Waals surface area contributed by atoms with E-state index in [9.17, 15) is 5.11 Å². The molecule has 2 aromatic rings. The molecule has 5 nitrogen and oxygen atoms in total. The molecule has 0 bridgehead atoms. The number of aryl methyl sites for hydroxylation is 1. The van der Waals surface area contributed by atoms with E-state index in [4.69, 9.17) is 4.74 Å². The van der Waals surface area contributed by atoms with Crippen molar-refractivity contribution in [2.45, 2.75) is 18.9 Å². The fourth-order valence-electron chi connectivity index (χ4n) is 2.92. The van der Waals surface area contributed by atoms with Crippen LogP contribution in [-0.2, 0) is 5.60 Å². The first-order chi connectivity index (χ1) is 10.1. The quantitative estimate of drug-likeness (QED) is 0.933. The van der Waals surface area contributed by atoms with Crippen molar-refractivity contribution in [2.75, 3.05) is 25.1 Å². The molecule has 1 aromatic heterocycles. The van der Waals surface area contributed by atoms with E-state index in [1.165, 1.54) is 6.33 Å². The standard InChI is InChI=1S/C16H19N3O2/c1-12-5-3-4-6-13(12)16(20)7-8-19(10-16)14-9-15(21-2)18-11-17-14/h3-6,9,11,20H,7-8,10H2,1-2H3. The van der Waals surface area contributed by atoms with Gasteiger partial charge in [-0.3, -0.25) is 0 Å². The predicted molar refractivity (Wildman–Crippen MR) is 80.5 cm³/mol. The van der Waals surface area contributed by atoms with E-state index in [0.29, 0.717) is 18.8 Å². The molecule has 1 aliphatic rings. The number of anilines is 1. The second kappa shape index (κ2) is 5.33. The number of aliphatic hydroxyl groups is 1. The highest BCUT2D eigenvalue weighted by Gasteiger charge is 2.39. The maximum Gasteiger partial charge on any atom is 0.218 e. The first kappa shape index (κ1) is 13.8. The van der Waals surface area contributed by atoms with Gasteiger partial charge in [-0.15, -0.1) is 0 Å². The predicted octanol–water partition coefficient (Wildman–Crippen LogP) is 1.89. The van der Waals surface area contributed by atoms with Crippen molar-refractivity contribution in [2.24, 2.45) is 0 Å². The Morgan fingerprint density at radius 1 is 1.29 bits per heavy atom. The molecule has 1 fully saturated rings. The summed E-state index contributed by atoms with van der Waals surface area (Å²) in [6.07, 6.45) is 2.17. The zero-order valence-corrected chi connectivity index (χ0v) is 12.3. The van der Waals surface area contributed by atoms with Crippen LogP contribution in [0, 0.1) is 6.92 Å². The molecule has 5 heteroatoms. The lowest BCUT2D eigenvalue weighted by Gasteiger charge is -2.26. The second-order valence-corrected chi connectivity index (χ2v) is 5.44. The second-order valence-electron chi connectivity index (χ2n) is 5.44. The van der Waals surface area contributed by atoms with Crippen LogP contribution in [0.25, 0.3) is 0 Å². The average molecular weight is 285 g/mol. The van der Waals surface area contributed by atoms with Crippen molar-refractivity contribution < 1.29 is 9.84 Å². The number of hydrogen-bond donors (Lipinski definition) is 1. The van der Waals surface area contributed by atoms with Crippen molar-refractivity contribution in [1.29, 1.82) is 0 Å². The first-order valence-electron chi connectivity index (χ1n) is 7.02. The van der Waals surface area contributed by atoms with E-state index < -0.39 is 5.60 Å². The minimum Gasteiger partial charge on any atom is -0.481 e. The Morgan fingerprint density at radius 2 is 2.10 bits per heavy atom. The Kier molecular flexibility index (Phi) is 3.51. The molecule has 1 aliphatic heterocycles. The minimum absolute atomic E-state index is 0.526. The van der Waals surface area contributed by atoms with Crippen LogP contribution >= 0.6 is 0 Å². The van der Waals surface area contributed by atoms with Gasteiger partial charge in [0.2, 0.25) is 5.88 Å². The largest absolute Gasteiger partial charge is 0.481 e. The summed E-state index contributed by atoms with van der Waals surface area (Å²) in [5.41, 5.74) is 1.28. The zero-order valence-electron chi connectivity index (χ0n) is 12.3. The third-order valence-corrected chi connectivity index (χ3v) is 4.05. The van der Waals surface area contributed by atoms with E-state index in [1.807, 2.05) is 31.2 Å². The number of rotatable bonds is 3. The van der Waals surface area contributed by atoms with Crippen LogP contribution in [0.3, 0.4) is 0 Å². The van der Waals surface area contributed by atoms with Crippen molar-refractivity contribution in [3.8, 4) is 5.88 Å². The SMILES string of the molecule is COc1cc(N2CCC(O)(c3ccccc3C)C2)ncn1. The molecule has 2 heterocycles. The van der Waals surface area contributed by atoms with Gasteiger partial charge < -0.3 is 14.7 Å². The summed E-state index contributed by atoms with van der Waals surface area (Å²) in [4.78, 5) is 10.4. The molecule has 21 heavy (non-hydrogen) atoms. The van der Waals surface area contributed by atoms with Gasteiger partial charge in [0, 0.05) is 12.6 Å². The minimum atomic E-state index is -0.830. The van der Waals surface area contributed by atoms with Crippen LogP contribution in [0.1, 0.15) is 17.5 Å². The molecule has 1 N–H and O–H groups in total. The number of nitrogens with zero attached hydrogens (tertiary/aromatic N) is 3. The van der Waals surface area contributed by atoms with Crippen LogP contribution in [0.2, 0.25) is 0 Å². The highest BCUT2D eigenvalue weighted by molar-refractivity contribution is 5.45. The molecular formula is C16H19N3O2. The van der Waals surface area contributed by atoms with Crippen LogP contribution < -0.4 is 9.64 Å². The monoisotopic (exact) mass is 285 g/mol. The normalized spacial score (nSPS) is 21.6. The highest BCUT2D eigenvalue weighted by atomic mass is 16.5. The summed E-state index contributed by atoms with van der Waals surface area (Å²) < 4.78 is 5.13. The third kappa shape index (κ3) is 2.56. The summed E-state index contributed by atoms with van der Waals surface area (Å²) in [5.74, 6) is 1.32. The van der Waals surface area contributed by atoms with E-state index in [-0.39, 0.29) is 0 Å². The molecule has 1 unspecified atom stereocenters. The molecule has 0 saturated carbocycles. The van der Waals surface area contributed by atoms with Gasteiger partial charge in [0.25, 0.3) is 0 Å². The maximum atomic E-state index is 11.0. The van der Waals surface area contributed by atoms with E-state index in [1.54, 1.807) is 13.2 Å². The smallest absolute Gasteiger partial charge is 0.218 e. The van der Waals surface area contributed by atoms with Gasteiger partial charge in [0.15, 0.2) is 0 Å². The molecule has 1 aromatic carbocycles. The molecule has 0 aliphatic carbocycles. The number of hydrogen-bond acceptors (Lipinski definition) is 5. The van der Waals surface area contributed by atoms with Crippen LogP contribution in [0.15, 0.2) is 36.7 Å². The van der Waals surface area contributed by atoms with Crippen LogP contribution in [0.4, 0.5) is 5.82 Å². The fourth-order valence-corrected chi connectivity index (χ4v) is 2.92. The Labute approximate surface area is 124 Å². The van der Waals surface area contributed by atoms with Gasteiger partial charge in [0.05, 0.1) is 13.7 Å². The van der Waals surface area contributed by atoms with Crippen molar-refractivity contribution >= 4 is 5.82 Å². The molecule has 1 atom stereocenters. The van der Waals surface area contributed by atoms with E-state index in [2.05, 4.69) is 14.9 Å². The van der Waals surface area contributed by atoms with Crippen LogP contribution in [-0.4, -0.2) is 35.3 Å². The molecule has 3 rings (SSSR count). The summed E-state index contributed by atoms with van der Waals surface area (Å²) in [6.45, 7) is 3.31. The van der Waals surface area contributed by atoms with Gasteiger partial charge in [-0.1, -0.05) is 24.3 Å². The van der Waals surface area contributed by atoms with Gasteiger partial charge in [-0.05, 0) is 24.5 Å². The Balaban J connectivity index is 1.86. The lowest BCUT2D eigenvalue weighted by molar-refractivity contribution is 0.0600. The van der Waals surface area contributed by atoms with E-state index in [0.717, 1.165) is 23.5 Å². The van der Waals surface area contributed by atoms with Crippen molar-refractivity contribution in [3.05, 3.63) is 47.8 Å². The number of β-amino-alcohol motifs (C(OH)–C–C–N with tert-alkyl or cyclic N) is 1. The summed E-state index contributed by atoms with van der Waals surface area (Å²) in [5, 5.41) is 11.0. The Morgan fingerprint density at radius 3 is 2.86 bits per heavy atom. The maximum absolute atomic E-state index is 11.0. The van der Waals surface area contributed by atoms with Crippen molar-refractivity contribution in [3.63, 3.8) is 0 Å². The van der Waals surface area contributed by atoms with Gasteiger partial charge in [-0.2, -0.15) is 0 Å². The number of methoxy groups -OCH3 is 1. The molecule has 0 amide bonds. The topological polar surface area (TPSA) is 58.5 Å². The summed E-state index contributed by atoms with van der Waals surface area (Å²) >= 11 is 0. The molecule has 0 spiro atoms. The Hall–Kier alpha value is -2.14. The lowest BCUT2D eigenvalue weighted by atomic mass is 9.89.